The van der Waals surface area contributed by atoms with Gasteiger partial charge in [-0.2, -0.15) is 0 Å². The zero-order valence-corrected chi connectivity index (χ0v) is 17.3. The molecule has 1 aliphatic rings. The summed E-state index contributed by atoms with van der Waals surface area (Å²) < 4.78 is 6.32. The van der Waals surface area contributed by atoms with Gasteiger partial charge in [0.2, 0.25) is 0 Å². The first-order valence-corrected chi connectivity index (χ1v) is 11.8. The maximum atomic E-state index is 6.32. The lowest BCUT2D eigenvalue weighted by Crippen LogP contribution is -2.41. The van der Waals surface area contributed by atoms with E-state index in [4.69, 9.17) is 9.26 Å². The van der Waals surface area contributed by atoms with Crippen LogP contribution in [-0.4, -0.2) is 26.0 Å². The van der Waals surface area contributed by atoms with Crippen molar-refractivity contribution in [1.29, 1.82) is 0 Å². The minimum Gasteiger partial charge on any atom is -0.409 e. The van der Waals surface area contributed by atoms with Gasteiger partial charge < -0.3 is 9.26 Å². The Bertz CT molecular complexity index is 561. The smallest absolute Gasteiger partial charge is 0.192 e. The monoisotopic (exact) mass is 347 g/mol. The summed E-state index contributed by atoms with van der Waals surface area (Å²) in [5.41, 5.74) is 1.27. The van der Waals surface area contributed by atoms with Gasteiger partial charge in [0.25, 0.3) is 0 Å². The lowest BCUT2D eigenvalue weighted by atomic mass is 10.0. The molecule has 0 aromatic heterocycles. The summed E-state index contributed by atoms with van der Waals surface area (Å²) in [6.07, 6.45) is 2.24. The van der Waals surface area contributed by atoms with Gasteiger partial charge in [-0.3, -0.25) is 0 Å². The summed E-state index contributed by atoms with van der Waals surface area (Å²) in [7, 11) is -1.76. The van der Waals surface area contributed by atoms with E-state index >= 15 is 0 Å². The highest BCUT2D eigenvalue weighted by Gasteiger charge is 2.38. The molecule has 0 fully saturated rings. The highest BCUT2D eigenvalue weighted by molar-refractivity contribution is 6.74. The second kappa shape index (κ2) is 7.42. The lowest BCUT2D eigenvalue weighted by Gasteiger charge is -2.36. The summed E-state index contributed by atoms with van der Waals surface area (Å²) in [4.78, 5) is 6.14. The van der Waals surface area contributed by atoms with Crippen LogP contribution in [0.4, 0.5) is 0 Å². The number of hydrogen-bond donors (Lipinski definition) is 0. The van der Waals surface area contributed by atoms with E-state index in [0.29, 0.717) is 18.6 Å². The van der Waals surface area contributed by atoms with E-state index in [9.17, 15) is 0 Å². The fourth-order valence-electron chi connectivity index (χ4n) is 2.48. The van der Waals surface area contributed by atoms with Gasteiger partial charge in [-0.25, -0.2) is 0 Å². The van der Waals surface area contributed by atoms with Gasteiger partial charge >= 0.3 is 0 Å². The van der Waals surface area contributed by atoms with Crippen LogP contribution >= 0.6 is 0 Å². The summed E-state index contributed by atoms with van der Waals surface area (Å²) in [5.74, 6) is 1.45. The van der Waals surface area contributed by atoms with Crippen LogP contribution in [0, 0.1) is 5.92 Å². The Morgan fingerprint density at radius 2 is 1.79 bits per heavy atom. The van der Waals surface area contributed by atoms with Crippen molar-refractivity contribution in [2.75, 3.05) is 6.61 Å². The maximum Gasteiger partial charge on any atom is 0.192 e. The molecule has 1 aliphatic heterocycles. The molecule has 134 valence electrons. The number of hydrogen-bond acceptors (Lipinski definition) is 3. The van der Waals surface area contributed by atoms with Gasteiger partial charge in [-0.1, -0.05) is 65.0 Å². The lowest BCUT2D eigenvalue weighted by molar-refractivity contribution is -0.139. The summed E-state index contributed by atoms with van der Waals surface area (Å²) in [6, 6.07) is 10.8. The van der Waals surface area contributed by atoms with Crippen LogP contribution in [0.3, 0.4) is 0 Å². The fraction of sp³-hybridized carbons (Fsp3) is 0.600. The molecule has 4 heteroatoms. The number of hydroxylamine groups is 2. The van der Waals surface area contributed by atoms with Gasteiger partial charge in [0, 0.05) is 0 Å². The zero-order valence-electron chi connectivity index (χ0n) is 16.3. The molecule has 1 aromatic carbocycles. The molecule has 1 atom stereocenters. The van der Waals surface area contributed by atoms with Crippen molar-refractivity contribution < 1.29 is 9.26 Å². The van der Waals surface area contributed by atoms with Gasteiger partial charge in [-0.05, 0) is 35.7 Å². The van der Waals surface area contributed by atoms with Gasteiger partial charge in [0.1, 0.15) is 5.76 Å². The van der Waals surface area contributed by atoms with Crippen LogP contribution in [0.1, 0.15) is 40.2 Å². The second-order valence-electron chi connectivity index (χ2n) is 8.57. The first-order valence-electron chi connectivity index (χ1n) is 8.93. The Morgan fingerprint density at radius 3 is 2.33 bits per heavy atom. The first-order chi connectivity index (χ1) is 11.1. The van der Waals surface area contributed by atoms with E-state index in [1.54, 1.807) is 0 Å². The second-order valence-corrected chi connectivity index (χ2v) is 13.4. The van der Waals surface area contributed by atoms with Gasteiger partial charge in [0.15, 0.2) is 8.32 Å². The molecular weight excluding hydrogens is 314 g/mol. The predicted molar refractivity (Wildman–Crippen MR) is 103 cm³/mol. The van der Waals surface area contributed by atoms with E-state index in [0.717, 1.165) is 12.3 Å². The Balaban J connectivity index is 2.01. The molecule has 0 saturated carbocycles. The summed E-state index contributed by atoms with van der Waals surface area (Å²) in [5, 5.41) is 2.30. The van der Waals surface area contributed by atoms with E-state index in [-0.39, 0.29) is 5.04 Å². The van der Waals surface area contributed by atoms with E-state index in [2.05, 4.69) is 83.1 Å². The quantitative estimate of drug-likeness (QED) is 0.646. The standard InChI is InChI=1S/C20H33NO2Si/c1-16(2)19-13-18(15-22-24(6,7)20(3,4)5)23-21(19)14-17-11-9-8-10-12-17/h8-13,16,19H,14-15H2,1-7H3. The molecule has 0 saturated heterocycles. The van der Waals surface area contributed by atoms with Crippen LogP contribution in [0.25, 0.3) is 0 Å². The van der Waals surface area contributed by atoms with E-state index in [1.807, 2.05) is 6.07 Å². The molecule has 0 N–H and O–H groups in total. The third-order valence-electron chi connectivity index (χ3n) is 5.17. The average Bonchev–Trinajstić information content (AvgIpc) is 2.88. The van der Waals surface area contributed by atoms with Crippen molar-refractivity contribution in [1.82, 2.24) is 5.06 Å². The van der Waals surface area contributed by atoms with E-state index < -0.39 is 8.32 Å². The van der Waals surface area contributed by atoms with Crippen molar-refractivity contribution in [3.05, 3.63) is 47.7 Å². The van der Waals surface area contributed by atoms with E-state index in [1.165, 1.54) is 5.56 Å². The number of nitrogens with zero attached hydrogens (tertiary/aromatic N) is 1. The largest absolute Gasteiger partial charge is 0.409 e. The molecule has 3 nitrogen and oxygen atoms in total. The minimum absolute atomic E-state index is 0.216. The molecule has 2 rings (SSSR count). The molecule has 0 spiro atoms. The highest BCUT2D eigenvalue weighted by atomic mass is 28.4. The maximum absolute atomic E-state index is 6.32. The first kappa shape index (κ1) is 19.2. The number of benzene rings is 1. The SMILES string of the molecule is CC(C)C1C=C(CO[Si](C)(C)C(C)(C)C)ON1Cc1ccccc1. The third kappa shape index (κ3) is 4.71. The van der Waals surface area contributed by atoms with Crippen molar-refractivity contribution in [2.45, 2.75) is 65.3 Å². The highest BCUT2D eigenvalue weighted by Crippen LogP contribution is 2.37. The number of rotatable bonds is 6. The van der Waals surface area contributed by atoms with Crippen molar-refractivity contribution in [2.24, 2.45) is 5.92 Å². The minimum atomic E-state index is -1.76. The van der Waals surface area contributed by atoms with Crippen LogP contribution in [-0.2, 0) is 15.8 Å². The molecule has 1 aromatic rings. The Hall–Kier alpha value is -1.10. The van der Waals surface area contributed by atoms with Gasteiger partial charge in [-0.15, -0.1) is 5.06 Å². The molecular formula is C20H33NO2Si. The molecule has 1 heterocycles. The molecule has 1 unspecified atom stereocenters. The molecule has 0 radical (unpaired) electrons. The normalized spacial score (nSPS) is 19.5. The van der Waals surface area contributed by atoms with Crippen molar-refractivity contribution in [3.8, 4) is 0 Å². The fourth-order valence-corrected chi connectivity index (χ4v) is 3.42. The molecule has 24 heavy (non-hydrogen) atoms. The molecule has 0 bridgehead atoms. The van der Waals surface area contributed by atoms with Gasteiger partial charge in [0.05, 0.1) is 19.2 Å². The van der Waals surface area contributed by atoms with Crippen LogP contribution in [0.15, 0.2) is 42.2 Å². The third-order valence-corrected chi connectivity index (χ3v) is 9.65. The van der Waals surface area contributed by atoms with Crippen molar-refractivity contribution in [3.63, 3.8) is 0 Å². The predicted octanol–water partition coefficient (Wildman–Crippen LogP) is 5.36. The Labute approximate surface area is 148 Å². The van der Waals surface area contributed by atoms with Crippen LogP contribution < -0.4 is 0 Å². The molecule has 0 amide bonds. The summed E-state index contributed by atoms with van der Waals surface area (Å²) >= 11 is 0. The molecule has 0 aliphatic carbocycles. The van der Waals surface area contributed by atoms with Crippen LogP contribution in [0.2, 0.25) is 18.1 Å². The van der Waals surface area contributed by atoms with Crippen LogP contribution in [0.5, 0.6) is 0 Å². The summed E-state index contributed by atoms with van der Waals surface area (Å²) in [6.45, 7) is 17.2. The Kier molecular flexibility index (Phi) is 5.94. The zero-order chi connectivity index (χ0) is 18.0. The average molecular weight is 348 g/mol. The van der Waals surface area contributed by atoms with Crippen molar-refractivity contribution >= 4 is 8.32 Å². The topological polar surface area (TPSA) is 21.7 Å². The Morgan fingerprint density at radius 1 is 1.17 bits per heavy atom.